The monoisotopic (exact) mass is 1500 g/mol. The van der Waals surface area contributed by atoms with Crippen molar-refractivity contribution >= 4 is 150 Å². The Labute approximate surface area is 565 Å². The van der Waals surface area contributed by atoms with Gasteiger partial charge >= 0.3 is 5.97 Å². The Morgan fingerprint density at radius 1 is 0.557 bits per heavy atom. The van der Waals surface area contributed by atoms with E-state index in [-0.39, 0.29) is 39.9 Å². The third kappa shape index (κ3) is 19.6. The van der Waals surface area contributed by atoms with Gasteiger partial charge in [-0.3, -0.25) is 29.0 Å². The van der Waals surface area contributed by atoms with Crippen LogP contribution in [-0.4, -0.2) is 140 Å². The van der Waals surface area contributed by atoms with E-state index in [1.54, 1.807) is 97.6 Å². The molecule has 2 aliphatic heterocycles. The number of benzene rings is 3. The first-order chi connectivity index (χ1) is 42.3. The van der Waals surface area contributed by atoms with E-state index < -0.39 is 5.97 Å². The summed E-state index contributed by atoms with van der Waals surface area (Å²) in [5, 5.41) is 4.23. The molecule has 0 spiro atoms. The zero-order valence-corrected chi connectivity index (χ0v) is 56.6. The molecule has 0 radical (unpaired) electrons. The van der Waals surface area contributed by atoms with Crippen molar-refractivity contribution in [3.8, 4) is 23.7 Å². The van der Waals surface area contributed by atoms with Gasteiger partial charge in [-0.15, -0.1) is 0 Å². The first-order valence-electron chi connectivity index (χ1n) is 27.7. The Kier molecular flexibility index (Phi) is 27.8. The molecule has 7 aromatic rings. The lowest BCUT2D eigenvalue weighted by atomic mass is 10.1. The van der Waals surface area contributed by atoms with Crippen molar-refractivity contribution in [2.45, 2.75) is 65.7 Å². The lowest BCUT2D eigenvalue weighted by molar-refractivity contribution is 0.0597. The van der Waals surface area contributed by atoms with Crippen molar-refractivity contribution in [3.63, 3.8) is 0 Å². The zero-order valence-electron chi connectivity index (χ0n) is 49.3. The summed E-state index contributed by atoms with van der Waals surface area (Å²) in [6.07, 6.45) is 11.8. The third-order valence-electron chi connectivity index (χ3n) is 12.8. The van der Waals surface area contributed by atoms with Gasteiger partial charge in [0.2, 0.25) is 21.8 Å². The summed E-state index contributed by atoms with van der Waals surface area (Å²) >= 11 is 26.8. The number of fused-ring (bicyclic) bond motifs is 2. The number of amides is 4. The number of anilines is 5. The molecular weight excluding hydrogens is 1430 g/mol. The summed E-state index contributed by atoms with van der Waals surface area (Å²) in [7, 11) is 7.24. The third-order valence-corrected chi connectivity index (χ3v) is 15.5. The molecule has 466 valence electrons. The number of esters is 1. The molecule has 26 heteroatoms. The fraction of sp³-hybridized carbons (Fsp3) is 0.306. The maximum atomic E-state index is 12.5. The highest BCUT2D eigenvalue weighted by atomic mass is 127. The molecule has 1 N–H and O–H groups in total. The van der Waals surface area contributed by atoms with Gasteiger partial charge in [-0.1, -0.05) is 80.3 Å². The van der Waals surface area contributed by atoms with Gasteiger partial charge in [0.1, 0.15) is 22.6 Å². The van der Waals surface area contributed by atoms with Gasteiger partial charge in [-0.05, 0) is 161 Å². The number of nitrogens with zero attached hydrogens (tertiary/aromatic N) is 13. The van der Waals surface area contributed by atoms with Gasteiger partial charge in [0.05, 0.1) is 59.4 Å². The van der Waals surface area contributed by atoms with Gasteiger partial charge in [0.15, 0.2) is 0 Å². The minimum atomic E-state index is -0.400. The van der Waals surface area contributed by atoms with Crippen LogP contribution in [0.25, 0.3) is 0 Å². The van der Waals surface area contributed by atoms with E-state index in [1.807, 2.05) is 53.5 Å². The Bertz CT molecular complexity index is 3710. The number of ether oxygens (including phenoxy) is 1. The van der Waals surface area contributed by atoms with E-state index in [1.165, 1.54) is 16.9 Å². The summed E-state index contributed by atoms with van der Waals surface area (Å²) in [6, 6.07) is 20.6. The van der Waals surface area contributed by atoms with Crippen LogP contribution in [0, 0.1) is 30.8 Å². The van der Waals surface area contributed by atoms with Crippen molar-refractivity contribution in [2.24, 2.45) is 0 Å². The molecule has 0 unspecified atom stereocenters. The van der Waals surface area contributed by atoms with Crippen LogP contribution in [0.1, 0.15) is 134 Å². The number of carbonyl (C=O) groups excluding carboxylic acids is 5. The van der Waals surface area contributed by atoms with Gasteiger partial charge < -0.3 is 24.8 Å². The minimum Gasteiger partial charge on any atom is -0.465 e. The van der Waals surface area contributed by atoms with Gasteiger partial charge in [-0.25, -0.2) is 29.7 Å². The summed E-state index contributed by atoms with van der Waals surface area (Å²) in [6.45, 7) is 9.57. The van der Waals surface area contributed by atoms with Crippen LogP contribution in [0.2, 0.25) is 21.0 Å². The lowest BCUT2D eigenvalue weighted by Gasteiger charge is -2.19. The summed E-state index contributed by atoms with van der Waals surface area (Å²) < 4.78 is 6.56. The smallest absolute Gasteiger partial charge is 0.337 e. The number of carbonyl (C=O) groups is 5. The fourth-order valence-electron chi connectivity index (χ4n) is 8.59. The number of aromatic nitrogens is 8. The number of methoxy groups -OCH3 is 1. The average molecular weight is 1500 g/mol. The Balaban J connectivity index is 0.000000465. The zero-order chi connectivity index (χ0) is 63.9. The van der Waals surface area contributed by atoms with Crippen LogP contribution >= 0.6 is 91.6 Å². The number of rotatable bonds is 18. The quantitative estimate of drug-likeness (QED) is 0.0160. The molecule has 0 fully saturated rings. The number of hydrogen-bond donors (Lipinski definition) is 1. The van der Waals surface area contributed by atoms with Crippen molar-refractivity contribution in [3.05, 3.63) is 165 Å². The highest BCUT2D eigenvalue weighted by Crippen LogP contribution is 2.26. The number of nitrogens with one attached hydrogen (secondary N) is 1. The molecule has 0 saturated heterocycles. The standard InChI is InChI=1S/C29H29N5O4.C21H21ClN4O2.C8H11ClIN3.C4HCl2IN2.4H2/c1-4-17-33(2)25-21(19-30-29(32-25)31-22-15-13-20(14-16-22)28(37)38-3)10-6-5-9-18-34-26(35)23-11-7-8-12-24(23)27(34)36;1-3-12-25(2)18-15(14-23-21(22)24-18)9-5-4-8-13-26-19(27)16-10-6-7-11-17(16)20(26)28;1-3-4-13(2)7-6(10)5-11-8(9)12-7;5-3-2(7)1-8-4(6)9-3;;;;/h7-8,11-16,19H,4-5,9,17-18H2,1-3H3,(H,30,31,32);6-7,10-11,14H,3-4,8,12-13H2,1-2H3;5H,3-4H2,1-2H3;1H;4*1H. The van der Waals surface area contributed by atoms with Gasteiger partial charge in [0, 0.05) is 96.7 Å². The van der Waals surface area contributed by atoms with Gasteiger partial charge in [0.25, 0.3) is 23.6 Å². The molecule has 3 aromatic carbocycles. The number of unbranched alkanes of at least 4 members (excludes halogenated alkanes) is 2. The molecule has 4 amide bonds. The summed E-state index contributed by atoms with van der Waals surface area (Å²) in [5.74, 6) is 13.8. The Morgan fingerprint density at radius 2 is 0.955 bits per heavy atom. The second kappa shape index (κ2) is 35.0. The number of hydrogen-bond acceptors (Lipinski definition) is 18. The maximum absolute atomic E-state index is 12.5. The maximum Gasteiger partial charge on any atom is 0.337 e. The SMILES string of the molecule is CCCN(C)c1nc(Cl)ncc1C#CCCCN1C(=O)c2ccccc2C1=O.CCCN(C)c1nc(Cl)ncc1I.CCCN(C)c1nc(Nc2ccc(C(=O)OC)cc2)ncc1C#CCCCN1C(=O)c2ccccc2C1=O.Clc1ncc(I)c(Cl)n1.[HH].[HH].[HH].[HH]. The molecule has 6 heterocycles. The lowest BCUT2D eigenvalue weighted by Crippen LogP contribution is -2.30. The van der Waals surface area contributed by atoms with E-state index in [0.717, 1.165) is 57.5 Å². The molecule has 0 saturated carbocycles. The van der Waals surface area contributed by atoms with E-state index in [2.05, 4.69) is 117 Å². The highest BCUT2D eigenvalue weighted by molar-refractivity contribution is 14.1. The minimum absolute atomic E-state index is 0. The predicted molar refractivity (Wildman–Crippen MR) is 370 cm³/mol. The summed E-state index contributed by atoms with van der Waals surface area (Å²) in [5.41, 5.74) is 4.44. The molecule has 0 atom stereocenters. The fourth-order valence-corrected chi connectivity index (χ4v) is 10.1. The number of imide groups is 2. The van der Waals surface area contributed by atoms with Crippen LogP contribution in [0.3, 0.4) is 0 Å². The second-order valence-electron chi connectivity index (χ2n) is 19.3. The van der Waals surface area contributed by atoms with Crippen molar-refractivity contribution in [2.75, 3.05) is 81.0 Å². The molecule has 0 aliphatic carbocycles. The van der Waals surface area contributed by atoms with Crippen LogP contribution in [0.5, 0.6) is 0 Å². The van der Waals surface area contributed by atoms with Crippen molar-refractivity contribution in [1.82, 2.24) is 49.7 Å². The molecule has 4 aromatic heterocycles. The van der Waals surface area contributed by atoms with Crippen LogP contribution in [-0.2, 0) is 4.74 Å². The topological polar surface area (TPSA) is 226 Å². The van der Waals surface area contributed by atoms with E-state index >= 15 is 0 Å². The van der Waals surface area contributed by atoms with Crippen molar-refractivity contribution in [1.29, 1.82) is 0 Å². The number of halogens is 6. The van der Waals surface area contributed by atoms with Crippen LogP contribution in [0.15, 0.2) is 97.6 Å². The van der Waals surface area contributed by atoms with E-state index in [9.17, 15) is 24.0 Å². The molecule has 88 heavy (non-hydrogen) atoms. The normalized spacial score (nSPS) is 11.7. The first-order valence-corrected chi connectivity index (χ1v) is 31.3. The largest absolute Gasteiger partial charge is 0.465 e. The second-order valence-corrected chi connectivity index (χ2v) is 23.0. The van der Waals surface area contributed by atoms with Crippen molar-refractivity contribution < 1.29 is 34.4 Å². The molecule has 20 nitrogen and oxygen atoms in total. The van der Waals surface area contributed by atoms with E-state index in [0.29, 0.717) is 106 Å². The molecular formula is C62H70Cl4I2N14O6. The average Bonchev–Trinajstić information content (AvgIpc) is 1.66. The van der Waals surface area contributed by atoms with Gasteiger partial charge in [-0.2, -0.15) is 15.0 Å². The highest BCUT2D eigenvalue weighted by Gasteiger charge is 2.35. The van der Waals surface area contributed by atoms with Crippen LogP contribution in [0.4, 0.5) is 29.1 Å². The Hall–Kier alpha value is -7.33. The summed E-state index contributed by atoms with van der Waals surface area (Å²) in [4.78, 5) is 103. The first kappa shape index (κ1) is 69.8. The van der Waals surface area contributed by atoms with E-state index in [4.69, 9.17) is 51.1 Å². The molecule has 9 rings (SSSR count). The Morgan fingerprint density at radius 3 is 1.39 bits per heavy atom. The predicted octanol–water partition coefficient (Wildman–Crippen LogP) is 13.6. The molecule has 0 bridgehead atoms. The molecule has 2 aliphatic rings. The van der Waals surface area contributed by atoms with Crippen LogP contribution < -0.4 is 20.0 Å².